The van der Waals surface area contributed by atoms with Crippen molar-refractivity contribution in [1.29, 1.82) is 0 Å². The number of hydrogen-bond acceptors (Lipinski definition) is 7. The summed E-state index contributed by atoms with van der Waals surface area (Å²) in [5.74, 6) is 0.686. The summed E-state index contributed by atoms with van der Waals surface area (Å²) in [4.78, 5) is 13.0. The Morgan fingerprint density at radius 3 is 2.16 bits per heavy atom. The molecule has 0 spiro atoms. The molecule has 0 aliphatic heterocycles. The first-order chi connectivity index (χ1) is 17.7. The highest BCUT2D eigenvalue weighted by Gasteiger charge is 2.28. The Morgan fingerprint density at radius 1 is 0.973 bits per heavy atom. The third-order valence-corrected chi connectivity index (χ3v) is 7.40. The number of sulfonamides is 1. The van der Waals surface area contributed by atoms with Gasteiger partial charge in [-0.25, -0.2) is 13.8 Å². The number of nitrogens with zero attached hydrogens (tertiary/aromatic N) is 2. The quantitative estimate of drug-likeness (QED) is 0.300. The number of benzene rings is 3. The van der Waals surface area contributed by atoms with Crippen LogP contribution >= 0.6 is 0 Å². The largest absolute Gasteiger partial charge is 0.493 e. The number of amides is 1. The molecule has 0 saturated heterocycles. The first-order valence-corrected chi connectivity index (χ1v) is 13.0. The Bertz CT molecular complexity index is 1350. The van der Waals surface area contributed by atoms with Crippen molar-refractivity contribution in [2.24, 2.45) is 5.10 Å². The van der Waals surface area contributed by atoms with Gasteiger partial charge in [0.25, 0.3) is 15.9 Å². The number of para-hydroxylation sites is 1. The van der Waals surface area contributed by atoms with Crippen molar-refractivity contribution in [3.8, 4) is 17.2 Å². The lowest BCUT2D eigenvalue weighted by atomic mass is 10.1. The molecule has 0 bridgehead atoms. The highest BCUT2D eigenvalue weighted by atomic mass is 32.2. The number of anilines is 1. The number of nitrogens with one attached hydrogen (secondary N) is 1. The van der Waals surface area contributed by atoms with E-state index in [2.05, 4.69) is 10.5 Å². The standard InChI is InChI=1S/C27H31N3O6S/c1-6-21-9-7-8-10-23(21)30(37(32,33)22-13-11-19(2)12-14-22)18-26(31)29-28-17-20-15-24(34-3)27(36-5)25(16-20)35-4/h7-17H,6,18H2,1-5H3,(H,29,31)/b28-17-. The van der Waals surface area contributed by atoms with Gasteiger partial charge in [0, 0.05) is 5.56 Å². The Kier molecular flexibility index (Phi) is 9.13. The molecule has 0 aromatic heterocycles. The Morgan fingerprint density at radius 2 is 1.59 bits per heavy atom. The van der Waals surface area contributed by atoms with Crippen molar-refractivity contribution < 1.29 is 27.4 Å². The van der Waals surface area contributed by atoms with E-state index in [1.165, 1.54) is 39.7 Å². The fraction of sp³-hybridized carbons (Fsp3) is 0.259. The first-order valence-electron chi connectivity index (χ1n) is 11.5. The molecule has 3 rings (SSSR count). The highest BCUT2D eigenvalue weighted by molar-refractivity contribution is 7.92. The van der Waals surface area contributed by atoms with Gasteiger partial charge >= 0.3 is 0 Å². The van der Waals surface area contributed by atoms with Crippen LogP contribution in [0, 0.1) is 6.92 Å². The third kappa shape index (κ3) is 6.39. The summed E-state index contributed by atoms with van der Waals surface area (Å²) < 4.78 is 44.3. The maximum absolute atomic E-state index is 13.6. The minimum atomic E-state index is -4.03. The summed E-state index contributed by atoms with van der Waals surface area (Å²) in [5, 5.41) is 4.01. The molecule has 0 unspecified atom stereocenters. The molecule has 0 radical (unpaired) electrons. The van der Waals surface area contributed by atoms with E-state index in [1.54, 1.807) is 36.4 Å². The van der Waals surface area contributed by atoms with Crippen molar-refractivity contribution in [2.45, 2.75) is 25.2 Å². The summed E-state index contributed by atoms with van der Waals surface area (Å²) in [6.45, 7) is 3.34. The number of carbonyl (C=O) groups is 1. The molecule has 0 aliphatic carbocycles. The molecule has 3 aromatic rings. The van der Waals surface area contributed by atoms with Gasteiger partial charge in [0.05, 0.1) is 38.1 Å². The van der Waals surface area contributed by atoms with Crippen LogP contribution in [0.1, 0.15) is 23.6 Å². The predicted octanol–water partition coefficient (Wildman–Crippen LogP) is 3.93. The van der Waals surface area contributed by atoms with E-state index in [-0.39, 0.29) is 4.90 Å². The van der Waals surface area contributed by atoms with Crippen molar-refractivity contribution >= 4 is 27.8 Å². The van der Waals surface area contributed by atoms with Crippen LogP contribution in [0.25, 0.3) is 0 Å². The van der Waals surface area contributed by atoms with Crippen LogP contribution in [0.5, 0.6) is 17.2 Å². The molecule has 10 heteroatoms. The molecular formula is C27H31N3O6S. The van der Waals surface area contributed by atoms with Gasteiger partial charge in [0.2, 0.25) is 5.75 Å². The lowest BCUT2D eigenvalue weighted by molar-refractivity contribution is -0.119. The molecule has 0 aliphatic rings. The smallest absolute Gasteiger partial charge is 0.264 e. The topological polar surface area (TPSA) is 107 Å². The summed E-state index contributed by atoms with van der Waals surface area (Å²) >= 11 is 0. The average Bonchev–Trinajstić information content (AvgIpc) is 2.91. The monoisotopic (exact) mass is 525 g/mol. The molecule has 37 heavy (non-hydrogen) atoms. The fourth-order valence-electron chi connectivity index (χ4n) is 3.71. The van der Waals surface area contributed by atoms with Crippen molar-refractivity contribution in [1.82, 2.24) is 5.43 Å². The van der Waals surface area contributed by atoms with E-state index in [1.807, 2.05) is 26.0 Å². The van der Waals surface area contributed by atoms with Crippen molar-refractivity contribution in [3.05, 3.63) is 77.4 Å². The normalized spacial score (nSPS) is 11.3. The molecule has 0 saturated carbocycles. The molecule has 0 heterocycles. The van der Waals surface area contributed by atoms with Gasteiger partial charge in [-0.1, -0.05) is 42.8 Å². The summed E-state index contributed by atoms with van der Waals surface area (Å²) in [6, 6.07) is 17.0. The number of methoxy groups -OCH3 is 3. The number of aryl methyl sites for hydroxylation is 2. The van der Waals surface area contributed by atoms with Gasteiger partial charge in [-0.3, -0.25) is 9.10 Å². The van der Waals surface area contributed by atoms with Gasteiger partial charge in [0.1, 0.15) is 6.54 Å². The Labute approximate surface area is 217 Å². The van der Waals surface area contributed by atoms with E-state index in [0.29, 0.717) is 34.9 Å². The fourth-order valence-corrected chi connectivity index (χ4v) is 5.17. The second kappa shape index (κ2) is 12.3. The van der Waals surface area contributed by atoms with E-state index in [9.17, 15) is 13.2 Å². The van der Waals surface area contributed by atoms with E-state index >= 15 is 0 Å². The maximum atomic E-state index is 13.6. The van der Waals surface area contributed by atoms with Crippen molar-refractivity contribution in [2.75, 3.05) is 32.2 Å². The van der Waals surface area contributed by atoms with Gasteiger partial charge in [-0.05, 0) is 49.2 Å². The van der Waals surface area contributed by atoms with Crippen LogP contribution in [0.2, 0.25) is 0 Å². The van der Waals surface area contributed by atoms with E-state index in [0.717, 1.165) is 15.4 Å². The molecule has 0 fully saturated rings. The van der Waals surface area contributed by atoms with Crippen molar-refractivity contribution in [3.63, 3.8) is 0 Å². The lowest BCUT2D eigenvalue weighted by Gasteiger charge is -2.25. The Balaban J connectivity index is 1.88. The minimum Gasteiger partial charge on any atom is -0.493 e. The summed E-state index contributed by atoms with van der Waals surface area (Å²) in [7, 11) is 0.468. The number of carbonyl (C=O) groups excluding carboxylic acids is 1. The maximum Gasteiger partial charge on any atom is 0.264 e. The van der Waals surface area contributed by atoms with Crippen LogP contribution in [0.3, 0.4) is 0 Å². The van der Waals surface area contributed by atoms with Gasteiger partial charge in [-0.15, -0.1) is 0 Å². The van der Waals surface area contributed by atoms with Crippen LogP contribution < -0.4 is 23.9 Å². The molecule has 1 amide bonds. The number of hydrogen-bond donors (Lipinski definition) is 1. The SMILES string of the molecule is CCc1ccccc1N(CC(=O)N/N=C\c1cc(OC)c(OC)c(OC)c1)S(=O)(=O)c1ccc(C)cc1. The zero-order valence-electron chi connectivity index (χ0n) is 21.5. The van der Waals surface area contributed by atoms with Gasteiger partial charge in [-0.2, -0.15) is 5.10 Å². The molecule has 196 valence electrons. The zero-order valence-corrected chi connectivity index (χ0v) is 22.3. The third-order valence-electron chi connectivity index (χ3n) is 5.63. The molecule has 9 nitrogen and oxygen atoms in total. The summed E-state index contributed by atoms with van der Waals surface area (Å²) in [5.41, 5.74) is 5.16. The molecular weight excluding hydrogens is 494 g/mol. The number of ether oxygens (including phenoxy) is 3. The second-order valence-corrected chi connectivity index (χ2v) is 9.92. The molecule has 0 atom stereocenters. The molecule has 3 aromatic carbocycles. The lowest BCUT2D eigenvalue weighted by Crippen LogP contribution is -2.40. The van der Waals surface area contributed by atoms with Crippen LogP contribution in [-0.4, -0.2) is 48.4 Å². The van der Waals surface area contributed by atoms with Gasteiger partial charge < -0.3 is 14.2 Å². The van der Waals surface area contributed by atoms with Gasteiger partial charge in [0.15, 0.2) is 11.5 Å². The van der Waals surface area contributed by atoms with Crippen LogP contribution in [0.4, 0.5) is 5.69 Å². The minimum absolute atomic E-state index is 0.0951. The molecule has 1 N–H and O–H groups in total. The van der Waals surface area contributed by atoms with Crippen LogP contribution in [-0.2, 0) is 21.2 Å². The summed E-state index contributed by atoms with van der Waals surface area (Å²) in [6.07, 6.45) is 2.00. The van der Waals surface area contributed by atoms with Crippen LogP contribution in [0.15, 0.2) is 70.7 Å². The van der Waals surface area contributed by atoms with E-state index < -0.39 is 22.5 Å². The Hall–Kier alpha value is -4.05. The predicted molar refractivity (Wildman–Crippen MR) is 143 cm³/mol. The average molecular weight is 526 g/mol. The second-order valence-electron chi connectivity index (χ2n) is 8.06. The first kappa shape index (κ1) is 27.5. The number of hydrazone groups is 1. The van der Waals surface area contributed by atoms with E-state index in [4.69, 9.17) is 14.2 Å². The number of rotatable bonds is 11. The zero-order chi connectivity index (χ0) is 27.0. The highest BCUT2D eigenvalue weighted by Crippen LogP contribution is 2.37.